The van der Waals surface area contributed by atoms with E-state index in [0.717, 1.165) is 5.69 Å². The normalized spacial score (nSPS) is 12.2. The lowest BCUT2D eigenvalue weighted by Gasteiger charge is -2.15. The molecule has 0 saturated carbocycles. The van der Waals surface area contributed by atoms with Crippen molar-refractivity contribution >= 4 is 17.3 Å². The lowest BCUT2D eigenvalue weighted by Crippen LogP contribution is -2.20. The largest absolute Gasteiger partial charge is 0.492 e. The number of halogens is 1. The van der Waals surface area contributed by atoms with Crippen LogP contribution >= 0.6 is 11.6 Å². The molecule has 0 aliphatic carbocycles. The molecule has 0 aromatic heterocycles. The van der Waals surface area contributed by atoms with Gasteiger partial charge in [-0.3, -0.25) is 0 Å². The first-order valence-electron chi connectivity index (χ1n) is 5.35. The zero-order valence-electron chi connectivity index (χ0n) is 9.92. The molecule has 1 aromatic carbocycles. The van der Waals surface area contributed by atoms with Crippen LogP contribution < -0.4 is 10.1 Å². The number of anilines is 1. The van der Waals surface area contributed by atoms with Crippen molar-refractivity contribution in [2.24, 2.45) is 0 Å². The summed E-state index contributed by atoms with van der Waals surface area (Å²) in [5, 5.41) is 3.91. The van der Waals surface area contributed by atoms with Gasteiger partial charge >= 0.3 is 0 Å². The van der Waals surface area contributed by atoms with Crippen LogP contribution in [0.25, 0.3) is 0 Å². The maximum atomic E-state index is 6.07. The standard InChI is InChI=1S/C12H18ClNO2/c1-4-16-12-6-5-10(7-11(12)13)14-9(2)8-15-3/h5-7,9,14H,4,8H2,1-3H3. The van der Waals surface area contributed by atoms with E-state index >= 15 is 0 Å². The van der Waals surface area contributed by atoms with E-state index in [4.69, 9.17) is 21.1 Å². The fourth-order valence-corrected chi connectivity index (χ4v) is 1.67. The van der Waals surface area contributed by atoms with Crippen molar-refractivity contribution in [1.82, 2.24) is 0 Å². The van der Waals surface area contributed by atoms with Crippen molar-refractivity contribution in [1.29, 1.82) is 0 Å². The predicted molar refractivity (Wildman–Crippen MR) is 67.6 cm³/mol. The van der Waals surface area contributed by atoms with Gasteiger partial charge in [-0.25, -0.2) is 0 Å². The van der Waals surface area contributed by atoms with E-state index < -0.39 is 0 Å². The van der Waals surface area contributed by atoms with Crippen LogP contribution in [0.1, 0.15) is 13.8 Å². The highest BCUT2D eigenvalue weighted by Gasteiger charge is 2.05. The Morgan fingerprint density at radius 1 is 1.44 bits per heavy atom. The van der Waals surface area contributed by atoms with E-state index in [1.54, 1.807) is 7.11 Å². The molecule has 3 nitrogen and oxygen atoms in total. The summed E-state index contributed by atoms with van der Waals surface area (Å²) in [6.45, 7) is 5.26. The highest BCUT2D eigenvalue weighted by molar-refractivity contribution is 6.32. The monoisotopic (exact) mass is 243 g/mol. The van der Waals surface area contributed by atoms with E-state index in [-0.39, 0.29) is 6.04 Å². The number of methoxy groups -OCH3 is 1. The molecule has 1 atom stereocenters. The molecule has 0 aliphatic heterocycles. The molecule has 0 heterocycles. The van der Waals surface area contributed by atoms with Gasteiger partial charge in [0.25, 0.3) is 0 Å². The second kappa shape index (κ2) is 6.61. The van der Waals surface area contributed by atoms with Crippen LogP contribution in [-0.2, 0) is 4.74 Å². The molecule has 0 fully saturated rings. The zero-order chi connectivity index (χ0) is 12.0. The molecule has 1 rings (SSSR count). The van der Waals surface area contributed by atoms with Gasteiger partial charge in [0.2, 0.25) is 0 Å². The topological polar surface area (TPSA) is 30.5 Å². The number of hydrogen-bond donors (Lipinski definition) is 1. The number of rotatable bonds is 6. The third-order valence-electron chi connectivity index (χ3n) is 2.06. The fourth-order valence-electron chi connectivity index (χ4n) is 1.44. The Bertz CT molecular complexity index is 331. The predicted octanol–water partition coefficient (Wildman–Crippen LogP) is 3.19. The number of nitrogens with one attached hydrogen (secondary N) is 1. The number of ether oxygens (including phenoxy) is 2. The van der Waals surface area contributed by atoms with E-state index in [9.17, 15) is 0 Å². The Balaban J connectivity index is 2.65. The van der Waals surface area contributed by atoms with Crippen LogP contribution in [-0.4, -0.2) is 26.4 Å². The van der Waals surface area contributed by atoms with E-state index in [1.807, 2.05) is 32.0 Å². The third-order valence-corrected chi connectivity index (χ3v) is 2.36. The fraction of sp³-hybridized carbons (Fsp3) is 0.500. The Labute approximate surface area is 102 Å². The SMILES string of the molecule is CCOc1ccc(NC(C)COC)cc1Cl. The molecule has 0 spiro atoms. The van der Waals surface area contributed by atoms with Gasteiger partial charge in [-0.1, -0.05) is 11.6 Å². The van der Waals surface area contributed by atoms with Gasteiger partial charge in [0.15, 0.2) is 0 Å². The van der Waals surface area contributed by atoms with Crippen molar-refractivity contribution in [3.05, 3.63) is 23.2 Å². The lowest BCUT2D eigenvalue weighted by atomic mass is 10.2. The van der Waals surface area contributed by atoms with Gasteiger partial charge in [0, 0.05) is 18.8 Å². The molecule has 1 aromatic rings. The average molecular weight is 244 g/mol. The molecular formula is C12H18ClNO2. The summed E-state index contributed by atoms with van der Waals surface area (Å²) < 4.78 is 10.4. The molecule has 0 radical (unpaired) electrons. The van der Waals surface area contributed by atoms with Crippen LogP contribution in [0.3, 0.4) is 0 Å². The minimum Gasteiger partial charge on any atom is -0.492 e. The summed E-state index contributed by atoms with van der Waals surface area (Å²) in [5.74, 6) is 0.717. The van der Waals surface area contributed by atoms with Crippen LogP contribution in [0.4, 0.5) is 5.69 Å². The smallest absolute Gasteiger partial charge is 0.138 e. The van der Waals surface area contributed by atoms with Crippen LogP contribution in [0.15, 0.2) is 18.2 Å². The van der Waals surface area contributed by atoms with Crippen LogP contribution in [0.5, 0.6) is 5.75 Å². The zero-order valence-corrected chi connectivity index (χ0v) is 10.7. The highest BCUT2D eigenvalue weighted by atomic mass is 35.5. The number of hydrogen-bond acceptors (Lipinski definition) is 3. The first kappa shape index (κ1) is 13.1. The van der Waals surface area contributed by atoms with Crippen LogP contribution in [0.2, 0.25) is 5.02 Å². The maximum absolute atomic E-state index is 6.07. The maximum Gasteiger partial charge on any atom is 0.138 e. The molecule has 0 saturated heterocycles. The third kappa shape index (κ3) is 3.91. The summed E-state index contributed by atoms with van der Waals surface area (Å²) >= 11 is 6.07. The molecular weight excluding hydrogens is 226 g/mol. The Morgan fingerprint density at radius 3 is 2.75 bits per heavy atom. The molecule has 0 aliphatic rings. The minimum absolute atomic E-state index is 0.249. The van der Waals surface area contributed by atoms with Crippen molar-refractivity contribution in [2.45, 2.75) is 19.9 Å². The van der Waals surface area contributed by atoms with Gasteiger partial charge in [0.05, 0.1) is 18.2 Å². The molecule has 0 amide bonds. The van der Waals surface area contributed by atoms with Gasteiger partial charge < -0.3 is 14.8 Å². The van der Waals surface area contributed by atoms with Crippen molar-refractivity contribution in [3.63, 3.8) is 0 Å². The molecule has 90 valence electrons. The lowest BCUT2D eigenvalue weighted by molar-refractivity contribution is 0.190. The van der Waals surface area contributed by atoms with E-state index in [1.165, 1.54) is 0 Å². The highest BCUT2D eigenvalue weighted by Crippen LogP contribution is 2.27. The molecule has 1 unspecified atom stereocenters. The average Bonchev–Trinajstić information content (AvgIpc) is 2.22. The Morgan fingerprint density at radius 2 is 2.19 bits per heavy atom. The summed E-state index contributed by atoms with van der Waals surface area (Å²) in [6.07, 6.45) is 0. The van der Waals surface area contributed by atoms with E-state index in [0.29, 0.717) is 24.0 Å². The Hall–Kier alpha value is -0.930. The quantitative estimate of drug-likeness (QED) is 0.833. The summed E-state index contributed by atoms with van der Waals surface area (Å²) in [6, 6.07) is 5.93. The molecule has 4 heteroatoms. The molecule has 1 N–H and O–H groups in total. The van der Waals surface area contributed by atoms with Gasteiger partial charge in [-0.15, -0.1) is 0 Å². The summed E-state index contributed by atoms with van der Waals surface area (Å²) in [5.41, 5.74) is 0.970. The molecule has 0 bridgehead atoms. The van der Waals surface area contributed by atoms with Gasteiger partial charge in [-0.2, -0.15) is 0 Å². The van der Waals surface area contributed by atoms with Crippen molar-refractivity contribution in [2.75, 3.05) is 25.6 Å². The second-order valence-electron chi connectivity index (χ2n) is 3.58. The molecule has 16 heavy (non-hydrogen) atoms. The van der Waals surface area contributed by atoms with E-state index in [2.05, 4.69) is 5.32 Å². The Kier molecular flexibility index (Phi) is 5.43. The van der Waals surface area contributed by atoms with Crippen molar-refractivity contribution in [3.8, 4) is 5.75 Å². The van der Waals surface area contributed by atoms with Crippen molar-refractivity contribution < 1.29 is 9.47 Å². The van der Waals surface area contributed by atoms with Crippen LogP contribution in [0, 0.1) is 0 Å². The first-order chi connectivity index (χ1) is 7.67. The minimum atomic E-state index is 0.249. The first-order valence-corrected chi connectivity index (χ1v) is 5.73. The number of benzene rings is 1. The summed E-state index contributed by atoms with van der Waals surface area (Å²) in [7, 11) is 1.68. The summed E-state index contributed by atoms with van der Waals surface area (Å²) in [4.78, 5) is 0. The second-order valence-corrected chi connectivity index (χ2v) is 3.99. The van der Waals surface area contributed by atoms with Gasteiger partial charge in [-0.05, 0) is 32.0 Å². The van der Waals surface area contributed by atoms with Gasteiger partial charge in [0.1, 0.15) is 5.75 Å².